The normalized spacial score (nSPS) is 18.5. The van der Waals surface area contributed by atoms with Crippen molar-refractivity contribution in [2.24, 2.45) is 17.2 Å². The quantitative estimate of drug-likeness (QED) is 0.0490. The van der Waals surface area contributed by atoms with Crippen LogP contribution in [0.15, 0.2) is 0 Å². The molecule has 2 fully saturated rings. The highest BCUT2D eigenvalue weighted by atomic mass is 16.4. The lowest BCUT2D eigenvalue weighted by molar-refractivity contribution is -0.148. The van der Waals surface area contributed by atoms with Gasteiger partial charge in [-0.1, -0.05) is 0 Å². The number of carbonyl (C=O) groups is 11. The second-order valence-corrected chi connectivity index (χ2v) is 13.1. The number of primary amides is 3. The molecule has 2 aliphatic heterocycles. The molecule has 23 nitrogen and oxygen atoms in total. The number of carboxylic acid groups (broad SMARTS) is 1. The number of nitrogens with one attached hydrogen (secondary N) is 5. The number of likely N-dealkylation sites (tertiary alicyclic amines) is 2. The molecule has 23 heteroatoms. The van der Waals surface area contributed by atoms with Crippen molar-refractivity contribution in [2.75, 3.05) is 26.2 Å². The van der Waals surface area contributed by atoms with Crippen molar-refractivity contribution in [1.29, 1.82) is 0 Å². The molecule has 2 aliphatic rings. The molecule has 0 bridgehead atoms. The van der Waals surface area contributed by atoms with E-state index in [9.17, 15) is 57.8 Å². The number of amides is 10. The van der Waals surface area contributed by atoms with Gasteiger partial charge in [0, 0.05) is 39.3 Å². The summed E-state index contributed by atoms with van der Waals surface area (Å²) in [5, 5.41) is 30.0. The minimum absolute atomic E-state index is 0.0539. The fourth-order valence-electron chi connectivity index (χ4n) is 6.17. The SMILES string of the molecule is CC(=O)N[C@@H](CO)C(=O)N[C@@H](CCC(N)=O)C(=O)N[C@@H](CCC(N)=O)C(=O)N[C@@H](CCC(N)=O)C(=O)N1CCC[C@H]1C(=O)N1CCC[C@H]1C(=O)NCC(=O)O. The standard InChI is InChI=1S/C32H50N10O13/c1-16(44)37-20(15-43)29(52)39-17(6-9-23(33)45)27(50)38-18(7-10-24(34)46)28(51)40-19(8-11-25(35)47)31(54)42-13-3-5-22(42)32(55)41-12-2-4-21(41)30(53)36-14-26(48)49/h17-22,43H,2-15H2,1H3,(H2,33,45)(H2,34,46)(H2,35,47)(H,36,53)(H,37,44)(H,38,50)(H,39,52)(H,40,51)(H,48,49)/t17-,18-,19-,20-,21-,22-/m0/s1. The molecule has 0 aromatic rings. The van der Waals surface area contributed by atoms with Gasteiger partial charge in [-0.25, -0.2) is 0 Å². The number of nitrogens with two attached hydrogens (primary N) is 3. The summed E-state index contributed by atoms with van der Waals surface area (Å²) in [6.07, 6.45) is -1.18. The molecule has 0 unspecified atom stereocenters. The molecule has 0 aliphatic carbocycles. The number of aliphatic carboxylic acids is 1. The number of carboxylic acids is 1. The molecular formula is C32H50N10O13. The summed E-state index contributed by atoms with van der Waals surface area (Å²) >= 11 is 0. The molecule has 2 heterocycles. The van der Waals surface area contributed by atoms with Crippen LogP contribution in [0, 0.1) is 0 Å². The first-order valence-corrected chi connectivity index (χ1v) is 17.6. The number of aliphatic hydroxyl groups excluding tert-OH is 1. The minimum Gasteiger partial charge on any atom is -0.480 e. The van der Waals surface area contributed by atoms with E-state index in [0.717, 1.165) is 6.92 Å². The average molecular weight is 783 g/mol. The van der Waals surface area contributed by atoms with Crippen LogP contribution in [0.4, 0.5) is 0 Å². The number of hydrogen-bond acceptors (Lipinski definition) is 12. The Balaban J connectivity index is 2.33. The average Bonchev–Trinajstić information content (AvgIpc) is 3.81. The first-order chi connectivity index (χ1) is 25.9. The van der Waals surface area contributed by atoms with Crippen LogP contribution in [0.25, 0.3) is 0 Å². The van der Waals surface area contributed by atoms with E-state index in [4.69, 9.17) is 22.3 Å². The third-order valence-electron chi connectivity index (χ3n) is 8.87. The van der Waals surface area contributed by atoms with Crippen LogP contribution >= 0.6 is 0 Å². The van der Waals surface area contributed by atoms with Gasteiger partial charge in [-0.15, -0.1) is 0 Å². The maximum atomic E-state index is 14.0. The maximum absolute atomic E-state index is 14.0. The zero-order valence-electron chi connectivity index (χ0n) is 30.4. The number of hydrogen-bond donors (Lipinski definition) is 10. The Labute approximate surface area is 315 Å². The Morgan fingerprint density at radius 2 is 1.07 bits per heavy atom. The van der Waals surface area contributed by atoms with Gasteiger partial charge in [0.2, 0.25) is 59.1 Å². The lowest BCUT2D eigenvalue weighted by Crippen LogP contribution is -2.60. The first-order valence-electron chi connectivity index (χ1n) is 17.6. The highest BCUT2D eigenvalue weighted by Crippen LogP contribution is 2.26. The molecule has 6 atom stereocenters. The molecule has 2 rings (SSSR count). The monoisotopic (exact) mass is 782 g/mol. The summed E-state index contributed by atoms with van der Waals surface area (Å²) in [6, 6.07) is -8.20. The third-order valence-corrected chi connectivity index (χ3v) is 8.87. The summed E-state index contributed by atoms with van der Waals surface area (Å²) in [7, 11) is 0. The molecule has 55 heavy (non-hydrogen) atoms. The van der Waals surface area contributed by atoms with E-state index in [2.05, 4.69) is 26.6 Å². The molecular weight excluding hydrogens is 732 g/mol. The Bertz CT molecular complexity index is 1510. The van der Waals surface area contributed by atoms with Gasteiger partial charge in [0.25, 0.3) is 0 Å². The summed E-state index contributed by atoms with van der Waals surface area (Å²) < 4.78 is 0. The molecule has 2 saturated heterocycles. The topological polar surface area (TPSA) is 373 Å². The number of aliphatic hydroxyl groups is 1. The van der Waals surface area contributed by atoms with E-state index in [0.29, 0.717) is 12.8 Å². The summed E-state index contributed by atoms with van der Waals surface area (Å²) in [5.41, 5.74) is 15.8. The highest BCUT2D eigenvalue weighted by molar-refractivity contribution is 5.98. The fraction of sp³-hybridized carbons (Fsp3) is 0.656. The molecule has 0 spiro atoms. The van der Waals surface area contributed by atoms with Crippen LogP contribution in [0.2, 0.25) is 0 Å². The zero-order chi connectivity index (χ0) is 41.4. The van der Waals surface area contributed by atoms with Gasteiger partial charge in [0.1, 0.15) is 42.8 Å². The minimum atomic E-state index is -1.61. The number of carbonyl (C=O) groups excluding carboxylic acids is 10. The fourth-order valence-corrected chi connectivity index (χ4v) is 6.17. The summed E-state index contributed by atoms with van der Waals surface area (Å²) in [5.74, 6) is -9.67. The van der Waals surface area contributed by atoms with Crippen molar-refractivity contribution >= 4 is 65.0 Å². The summed E-state index contributed by atoms with van der Waals surface area (Å²) in [6.45, 7) is -0.212. The molecule has 0 radical (unpaired) electrons. The Morgan fingerprint density at radius 1 is 0.636 bits per heavy atom. The smallest absolute Gasteiger partial charge is 0.322 e. The Kier molecular flexibility index (Phi) is 17.9. The van der Waals surface area contributed by atoms with Crippen molar-refractivity contribution in [1.82, 2.24) is 36.4 Å². The van der Waals surface area contributed by atoms with Crippen LogP contribution < -0.4 is 43.8 Å². The van der Waals surface area contributed by atoms with Gasteiger partial charge in [0.05, 0.1) is 6.61 Å². The van der Waals surface area contributed by atoms with Crippen molar-refractivity contribution in [3.8, 4) is 0 Å². The van der Waals surface area contributed by atoms with Crippen LogP contribution in [0.1, 0.15) is 71.1 Å². The van der Waals surface area contributed by atoms with Gasteiger partial charge >= 0.3 is 5.97 Å². The van der Waals surface area contributed by atoms with Gasteiger partial charge in [0.15, 0.2) is 0 Å². The van der Waals surface area contributed by atoms with Crippen molar-refractivity contribution in [3.63, 3.8) is 0 Å². The van der Waals surface area contributed by atoms with E-state index in [-0.39, 0.29) is 32.4 Å². The van der Waals surface area contributed by atoms with Gasteiger partial charge in [-0.05, 0) is 44.9 Å². The van der Waals surface area contributed by atoms with Crippen LogP contribution in [-0.2, 0) is 52.7 Å². The molecule has 10 amide bonds. The van der Waals surface area contributed by atoms with Gasteiger partial charge < -0.3 is 63.8 Å². The first kappa shape index (κ1) is 45.3. The van der Waals surface area contributed by atoms with E-state index in [1.807, 2.05) is 0 Å². The number of rotatable bonds is 22. The largest absolute Gasteiger partial charge is 0.480 e. The summed E-state index contributed by atoms with van der Waals surface area (Å²) in [4.78, 5) is 140. The molecule has 306 valence electrons. The highest BCUT2D eigenvalue weighted by Gasteiger charge is 2.44. The van der Waals surface area contributed by atoms with E-state index >= 15 is 0 Å². The van der Waals surface area contributed by atoms with E-state index in [1.54, 1.807) is 0 Å². The van der Waals surface area contributed by atoms with Crippen LogP contribution in [-0.4, -0.2) is 148 Å². The van der Waals surface area contributed by atoms with E-state index in [1.165, 1.54) is 9.80 Å². The van der Waals surface area contributed by atoms with Crippen molar-refractivity contribution in [3.05, 3.63) is 0 Å². The second kappa shape index (κ2) is 21.7. The van der Waals surface area contributed by atoms with Gasteiger partial charge in [-0.3, -0.25) is 52.7 Å². The zero-order valence-corrected chi connectivity index (χ0v) is 30.4. The van der Waals surface area contributed by atoms with Crippen molar-refractivity contribution < 1.29 is 63.0 Å². The lowest BCUT2D eigenvalue weighted by Gasteiger charge is -2.33. The van der Waals surface area contributed by atoms with Crippen molar-refractivity contribution in [2.45, 2.75) is 107 Å². The number of nitrogens with zero attached hydrogens (tertiary/aromatic N) is 2. The molecule has 0 aromatic heterocycles. The third kappa shape index (κ3) is 14.5. The molecule has 0 saturated carbocycles. The molecule has 0 aromatic carbocycles. The maximum Gasteiger partial charge on any atom is 0.322 e. The Hall–Kier alpha value is -5.87. The van der Waals surface area contributed by atoms with E-state index < -0.39 is 147 Å². The lowest BCUT2D eigenvalue weighted by atomic mass is 10.0. The van der Waals surface area contributed by atoms with Gasteiger partial charge in [-0.2, -0.15) is 0 Å². The second-order valence-electron chi connectivity index (χ2n) is 13.1. The van der Waals surface area contributed by atoms with Crippen LogP contribution in [0.5, 0.6) is 0 Å². The predicted molar refractivity (Wildman–Crippen MR) is 186 cm³/mol. The van der Waals surface area contributed by atoms with Crippen LogP contribution in [0.3, 0.4) is 0 Å². The molecule has 13 N–H and O–H groups in total. The Morgan fingerprint density at radius 3 is 1.53 bits per heavy atom. The predicted octanol–water partition coefficient (Wildman–Crippen LogP) is -6.08.